The number of likely N-dealkylation sites (tertiary alicyclic amines) is 1. The summed E-state index contributed by atoms with van der Waals surface area (Å²) in [7, 11) is 0. The molecule has 2 bridgehead atoms. The quantitative estimate of drug-likeness (QED) is 0.885. The summed E-state index contributed by atoms with van der Waals surface area (Å²) in [6, 6.07) is 8.21. The van der Waals surface area contributed by atoms with E-state index in [2.05, 4.69) is 10.4 Å². The molecule has 23 heavy (non-hydrogen) atoms. The molecule has 2 aliphatic heterocycles. The first kappa shape index (κ1) is 14.4. The van der Waals surface area contributed by atoms with Crippen LogP contribution in [0.5, 0.6) is 0 Å². The van der Waals surface area contributed by atoms with Crippen LogP contribution in [-0.4, -0.2) is 45.8 Å². The number of aryl methyl sites for hydroxylation is 1. The maximum Gasteiger partial charge on any atom is 0.275 e. The first-order valence-electron chi connectivity index (χ1n) is 8.12. The number of fused-ring (bicyclic) bond motifs is 3. The van der Waals surface area contributed by atoms with Gasteiger partial charge in [-0.15, -0.1) is 0 Å². The molecule has 1 amide bonds. The highest BCUT2D eigenvalue weighted by Crippen LogP contribution is 2.20. The number of carbonyl (C=O) groups is 1. The lowest BCUT2D eigenvalue weighted by Gasteiger charge is -2.32. The molecule has 1 N–H and O–H groups in total. The summed E-state index contributed by atoms with van der Waals surface area (Å²) in [6.45, 7) is 3.35. The summed E-state index contributed by atoms with van der Waals surface area (Å²) in [5.74, 6) is -0.0207. The predicted octanol–water partition coefficient (Wildman–Crippen LogP) is 0.668. The number of carbonyl (C=O) groups excluding carboxylic acids is 1. The van der Waals surface area contributed by atoms with Crippen molar-refractivity contribution in [1.29, 1.82) is 0 Å². The van der Waals surface area contributed by atoms with Crippen molar-refractivity contribution in [3.8, 4) is 0 Å². The van der Waals surface area contributed by atoms with E-state index < -0.39 is 0 Å². The minimum atomic E-state index is -0.197. The van der Waals surface area contributed by atoms with Gasteiger partial charge in [-0.25, -0.2) is 4.68 Å². The lowest BCUT2D eigenvalue weighted by molar-refractivity contribution is -0.133. The van der Waals surface area contributed by atoms with Crippen molar-refractivity contribution in [2.75, 3.05) is 13.1 Å². The Labute approximate surface area is 134 Å². The topological polar surface area (TPSA) is 67.2 Å². The third kappa shape index (κ3) is 2.53. The molecule has 120 valence electrons. The smallest absolute Gasteiger partial charge is 0.275 e. The fourth-order valence-corrected chi connectivity index (χ4v) is 3.74. The van der Waals surface area contributed by atoms with Gasteiger partial charge < -0.3 is 10.2 Å². The normalized spacial score (nSPS) is 23.4. The number of nitrogens with zero attached hydrogens (tertiary/aromatic N) is 3. The number of amides is 1. The van der Waals surface area contributed by atoms with Gasteiger partial charge in [0.05, 0.1) is 11.1 Å². The van der Waals surface area contributed by atoms with E-state index in [-0.39, 0.29) is 18.0 Å². The van der Waals surface area contributed by atoms with Gasteiger partial charge in [0.15, 0.2) is 0 Å². The van der Waals surface area contributed by atoms with Gasteiger partial charge in [0.2, 0.25) is 5.91 Å². The van der Waals surface area contributed by atoms with E-state index in [1.807, 2.05) is 30.0 Å². The largest absolute Gasteiger partial charge is 0.338 e. The van der Waals surface area contributed by atoms with Crippen molar-refractivity contribution in [2.45, 2.75) is 38.4 Å². The van der Waals surface area contributed by atoms with E-state index in [4.69, 9.17) is 0 Å². The van der Waals surface area contributed by atoms with E-state index >= 15 is 0 Å². The maximum absolute atomic E-state index is 12.6. The Balaban J connectivity index is 1.61. The number of benzene rings is 1. The van der Waals surface area contributed by atoms with E-state index in [0.29, 0.717) is 17.5 Å². The van der Waals surface area contributed by atoms with Crippen molar-refractivity contribution in [1.82, 2.24) is 20.0 Å². The van der Waals surface area contributed by atoms with E-state index in [1.54, 1.807) is 6.07 Å². The van der Waals surface area contributed by atoms with E-state index in [1.165, 1.54) is 4.68 Å². The van der Waals surface area contributed by atoms with Gasteiger partial charge >= 0.3 is 0 Å². The molecule has 2 aromatic rings. The molecular weight excluding hydrogens is 292 g/mol. The Kier molecular flexibility index (Phi) is 3.41. The molecule has 0 saturated carbocycles. The minimum absolute atomic E-state index is 0.0178. The number of aromatic nitrogens is 2. The Morgan fingerprint density at radius 2 is 1.87 bits per heavy atom. The van der Waals surface area contributed by atoms with E-state index in [9.17, 15) is 9.59 Å². The van der Waals surface area contributed by atoms with Crippen molar-refractivity contribution >= 4 is 16.7 Å². The molecule has 1 aromatic carbocycles. The second kappa shape index (κ2) is 5.45. The molecule has 6 heteroatoms. The highest BCUT2D eigenvalue weighted by Gasteiger charge is 2.34. The summed E-state index contributed by atoms with van der Waals surface area (Å²) >= 11 is 0. The standard InChI is InChI=1S/C17H20N4O2/c1-11-14-4-2-3-5-15(14)17(23)21(19-11)10-16(22)20-8-12-6-7-13(9-20)18-12/h2-5,12-13,18H,6-10H2,1H3/t12-,13+. The third-order valence-corrected chi connectivity index (χ3v) is 4.91. The minimum Gasteiger partial charge on any atom is -0.338 e. The van der Waals surface area contributed by atoms with Gasteiger partial charge in [-0.05, 0) is 25.8 Å². The second-order valence-electron chi connectivity index (χ2n) is 6.53. The highest BCUT2D eigenvalue weighted by molar-refractivity contribution is 5.83. The lowest BCUT2D eigenvalue weighted by atomic mass is 10.1. The number of piperazine rings is 1. The number of nitrogens with one attached hydrogen (secondary N) is 1. The average molecular weight is 312 g/mol. The molecule has 0 unspecified atom stereocenters. The van der Waals surface area contributed by atoms with Crippen LogP contribution in [0.15, 0.2) is 29.1 Å². The van der Waals surface area contributed by atoms with Gasteiger partial charge in [0, 0.05) is 30.6 Å². The first-order chi connectivity index (χ1) is 11.1. The van der Waals surface area contributed by atoms with Crippen molar-refractivity contribution < 1.29 is 4.79 Å². The Hall–Kier alpha value is -2.21. The lowest BCUT2D eigenvalue weighted by Crippen LogP contribution is -2.54. The van der Waals surface area contributed by atoms with Crippen LogP contribution in [0.1, 0.15) is 18.5 Å². The van der Waals surface area contributed by atoms with Crippen LogP contribution < -0.4 is 10.9 Å². The van der Waals surface area contributed by atoms with Crippen molar-refractivity contribution in [3.63, 3.8) is 0 Å². The molecule has 2 saturated heterocycles. The Morgan fingerprint density at radius 1 is 1.22 bits per heavy atom. The Morgan fingerprint density at radius 3 is 2.57 bits per heavy atom. The van der Waals surface area contributed by atoms with Gasteiger partial charge in [-0.3, -0.25) is 9.59 Å². The average Bonchev–Trinajstić information content (AvgIpc) is 2.90. The third-order valence-electron chi connectivity index (χ3n) is 4.91. The number of hydrogen-bond donors (Lipinski definition) is 1. The summed E-state index contributed by atoms with van der Waals surface area (Å²) in [6.07, 6.45) is 2.25. The number of hydrogen-bond acceptors (Lipinski definition) is 4. The summed E-state index contributed by atoms with van der Waals surface area (Å²) in [5.41, 5.74) is 0.575. The first-order valence-corrected chi connectivity index (χ1v) is 8.12. The van der Waals surface area contributed by atoms with Crippen LogP contribution in [0.25, 0.3) is 10.8 Å². The van der Waals surface area contributed by atoms with Gasteiger partial charge in [-0.1, -0.05) is 18.2 Å². The predicted molar refractivity (Wildman–Crippen MR) is 87.3 cm³/mol. The maximum atomic E-state index is 12.6. The molecule has 1 aromatic heterocycles. The van der Waals surface area contributed by atoms with Crippen LogP contribution in [-0.2, 0) is 11.3 Å². The molecule has 2 fully saturated rings. The highest BCUT2D eigenvalue weighted by atomic mass is 16.2. The zero-order valence-corrected chi connectivity index (χ0v) is 13.2. The van der Waals surface area contributed by atoms with Crippen molar-refractivity contribution in [2.24, 2.45) is 0 Å². The van der Waals surface area contributed by atoms with Gasteiger partial charge in [-0.2, -0.15) is 5.10 Å². The fourth-order valence-electron chi connectivity index (χ4n) is 3.74. The van der Waals surface area contributed by atoms with Crippen LogP contribution in [0, 0.1) is 6.92 Å². The molecule has 0 aliphatic carbocycles. The Bertz CT molecular complexity index is 817. The summed E-state index contributed by atoms with van der Waals surface area (Å²) in [4.78, 5) is 27.0. The summed E-state index contributed by atoms with van der Waals surface area (Å²) in [5, 5.41) is 9.30. The van der Waals surface area contributed by atoms with Crippen LogP contribution in [0.2, 0.25) is 0 Å². The van der Waals surface area contributed by atoms with Crippen LogP contribution >= 0.6 is 0 Å². The monoisotopic (exact) mass is 312 g/mol. The van der Waals surface area contributed by atoms with Gasteiger partial charge in [0.1, 0.15) is 6.54 Å². The van der Waals surface area contributed by atoms with Gasteiger partial charge in [0.25, 0.3) is 5.56 Å². The van der Waals surface area contributed by atoms with E-state index in [0.717, 1.165) is 37.0 Å². The summed E-state index contributed by atoms with van der Waals surface area (Å²) < 4.78 is 1.31. The van der Waals surface area contributed by atoms with Crippen molar-refractivity contribution in [3.05, 3.63) is 40.3 Å². The number of rotatable bonds is 2. The molecule has 2 aliphatic rings. The SMILES string of the molecule is Cc1nn(CC(=O)N2C[C@H]3CC[C@@H](C2)N3)c(=O)c2ccccc12. The molecule has 3 heterocycles. The molecule has 0 radical (unpaired) electrons. The van der Waals surface area contributed by atoms with Crippen LogP contribution in [0.4, 0.5) is 0 Å². The molecule has 2 atom stereocenters. The molecule has 4 rings (SSSR count). The molecular formula is C17H20N4O2. The molecule has 0 spiro atoms. The zero-order valence-electron chi connectivity index (χ0n) is 13.2. The fraction of sp³-hybridized carbons (Fsp3) is 0.471. The zero-order chi connectivity index (χ0) is 16.0. The second-order valence-corrected chi connectivity index (χ2v) is 6.53. The molecule has 6 nitrogen and oxygen atoms in total. The van der Waals surface area contributed by atoms with Crippen LogP contribution in [0.3, 0.4) is 0 Å².